The molecule has 0 aliphatic carbocycles. The average Bonchev–Trinajstić information content (AvgIpc) is 1.30. The summed E-state index contributed by atoms with van der Waals surface area (Å²) in [7, 11) is -4.54. The molecule has 50 valence electrons. The van der Waals surface area contributed by atoms with E-state index >= 15 is 0 Å². The molecule has 0 saturated carbocycles. The van der Waals surface area contributed by atoms with Crippen LogP contribution in [0.15, 0.2) is 12.8 Å². The molecule has 0 aromatic carbocycles. The Kier molecular flexibility index (Phi) is 13.2. The number of rotatable bonds is 2. The van der Waals surface area contributed by atoms with Crippen LogP contribution in [-0.2, 0) is 14.6 Å². The van der Waals surface area contributed by atoms with Crippen molar-refractivity contribution in [3.05, 3.63) is 12.8 Å². The van der Waals surface area contributed by atoms with E-state index in [1.807, 2.05) is 0 Å². The Bertz CT molecular complexity index is 148. The molecule has 0 fully saturated rings. The molecule has 0 amide bonds. The van der Waals surface area contributed by atoms with Crippen molar-refractivity contribution in [2.45, 2.75) is 0 Å². The van der Waals surface area contributed by atoms with Crippen LogP contribution in [-0.4, -0.2) is 18.4 Å². The molecule has 9 heavy (non-hydrogen) atoms. The second-order valence-corrected chi connectivity index (χ2v) is 1.68. The first-order valence-corrected chi connectivity index (χ1v) is 2.64. The standard InChI is InChI=1S/C2H4O4S.K.H2O/c1-2-6-7(3,4)5;;/h2H,1H2,(H,3,4,5);;1H2/q;+1;/p-1. The summed E-state index contributed by atoms with van der Waals surface area (Å²) in [5, 5.41) is 0. The summed E-state index contributed by atoms with van der Waals surface area (Å²) >= 11 is 0. The van der Waals surface area contributed by atoms with E-state index in [0.717, 1.165) is 0 Å². The third kappa shape index (κ3) is 17.6. The summed E-state index contributed by atoms with van der Waals surface area (Å²) in [6.45, 7) is 2.84. The largest absolute Gasteiger partial charge is 1.00 e. The third-order valence-corrected chi connectivity index (χ3v) is 0.558. The van der Waals surface area contributed by atoms with Crippen LogP contribution in [0, 0.1) is 0 Å². The van der Waals surface area contributed by atoms with Crippen LogP contribution >= 0.6 is 0 Å². The van der Waals surface area contributed by atoms with Crippen LogP contribution in [0.1, 0.15) is 0 Å². The van der Waals surface area contributed by atoms with Gasteiger partial charge in [0, 0.05) is 0 Å². The van der Waals surface area contributed by atoms with E-state index in [0.29, 0.717) is 6.26 Å². The third-order valence-electron chi connectivity index (χ3n) is 0.186. The summed E-state index contributed by atoms with van der Waals surface area (Å²) in [6.07, 6.45) is 0.558. The fourth-order valence-electron chi connectivity index (χ4n) is 0.0833. The first-order chi connectivity index (χ1) is 3.06. The van der Waals surface area contributed by atoms with Crippen molar-refractivity contribution in [2.75, 3.05) is 0 Å². The average molecular weight is 180 g/mol. The van der Waals surface area contributed by atoms with E-state index in [2.05, 4.69) is 10.8 Å². The molecule has 0 radical (unpaired) electrons. The molecule has 0 aromatic heterocycles. The minimum absolute atomic E-state index is 0. The van der Waals surface area contributed by atoms with Crippen molar-refractivity contribution in [2.24, 2.45) is 0 Å². The van der Waals surface area contributed by atoms with Gasteiger partial charge in [0.1, 0.15) is 0 Å². The molecule has 0 bridgehead atoms. The minimum atomic E-state index is -4.54. The van der Waals surface area contributed by atoms with Gasteiger partial charge in [0.2, 0.25) is 0 Å². The van der Waals surface area contributed by atoms with Crippen molar-refractivity contribution in [3.8, 4) is 0 Å². The van der Waals surface area contributed by atoms with E-state index in [1.54, 1.807) is 0 Å². The Balaban J connectivity index is -0.000000180. The second-order valence-electron chi connectivity index (χ2n) is 0.671. The predicted octanol–water partition coefficient (Wildman–Crippen LogP) is -4.21. The smallest absolute Gasteiger partial charge is 0.716 e. The van der Waals surface area contributed by atoms with Gasteiger partial charge in [-0.2, -0.15) is 0 Å². The van der Waals surface area contributed by atoms with Crippen LogP contribution in [0.25, 0.3) is 0 Å². The van der Waals surface area contributed by atoms with E-state index in [1.165, 1.54) is 0 Å². The molecule has 0 aliphatic heterocycles. The molecule has 0 heterocycles. The maximum absolute atomic E-state index is 9.38. The molecule has 2 N–H and O–H groups in total. The zero-order valence-electron chi connectivity index (χ0n) is 4.83. The van der Waals surface area contributed by atoms with Crippen LogP contribution in [0.3, 0.4) is 0 Å². The van der Waals surface area contributed by atoms with Crippen molar-refractivity contribution in [1.29, 1.82) is 0 Å². The van der Waals surface area contributed by atoms with Gasteiger partial charge in [-0.05, 0) is 0 Å². The maximum atomic E-state index is 9.38. The van der Waals surface area contributed by atoms with Crippen LogP contribution in [0.5, 0.6) is 0 Å². The fourth-order valence-corrected chi connectivity index (χ4v) is 0.250. The Morgan fingerprint density at radius 2 is 1.89 bits per heavy atom. The molecule has 0 unspecified atom stereocenters. The number of hydrogen-bond acceptors (Lipinski definition) is 4. The molecular formula is C2H5KO5S. The molecule has 0 aromatic rings. The summed E-state index contributed by atoms with van der Waals surface area (Å²) in [6, 6.07) is 0. The summed E-state index contributed by atoms with van der Waals surface area (Å²) in [4.78, 5) is 0. The van der Waals surface area contributed by atoms with Gasteiger partial charge in [-0.15, -0.1) is 0 Å². The molecule has 5 nitrogen and oxygen atoms in total. The van der Waals surface area contributed by atoms with E-state index in [9.17, 15) is 13.0 Å². The van der Waals surface area contributed by atoms with E-state index in [4.69, 9.17) is 0 Å². The van der Waals surface area contributed by atoms with Crippen molar-refractivity contribution in [1.82, 2.24) is 0 Å². The minimum Gasteiger partial charge on any atom is -0.716 e. The zero-order valence-corrected chi connectivity index (χ0v) is 8.77. The van der Waals surface area contributed by atoms with Crippen LogP contribution in [0.2, 0.25) is 0 Å². The fraction of sp³-hybridized carbons (Fsp3) is 0. The Hall–Kier alpha value is 1.05. The molecular weight excluding hydrogens is 175 g/mol. The van der Waals surface area contributed by atoms with Crippen molar-refractivity contribution >= 4 is 10.4 Å². The molecule has 7 heteroatoms. The van der Waals surface area contributed by atoms with Gasteiger partial charge in [-0.3, -0.25) is 0 Å². The summed E-state index contributed by atoms with van der Waals surface area (Å²) < 4.78 is 31.6. The van der Waals surface area contributed by atoms with Gasteiger partial charge in [-0.25, -0.2) is 8.42 Å². The first-order valence-electron chi connectivity index (χ1n) is 1.31. The van der Waals surface area contributed by atoms with Gasteiger partial charge in [0.25, 0.3) is 10.4 Å². The van der Waals surface area contributed by atoms with Crippen LogP contribution < -0.4 is 51.4 Å². The zero-order chi connectivity index (χ0) is 5.91. The van der Waals surface area contributed by atoms with Crippen molar-refractivity contribution in [3.63, 3.8) is 0 Å². The monoisotopic (exact) mass is 180 g/mol. The molecule has 0 spiro atoms. The summed E-state index contributed by atoms with van der Waals surface area (Å²) in [5.74, 6) is 0. The topological polar surface area (TPSA) is 97.9 Å². The Labute approximate surface area is 95.8 Å². The quantitative estimate of drug-likeness (QED) is 0.186. The van der Waals surface area contributed by atoms with E-state index < -0.39 is 10.4 Å². The number of hydrogen-bond donors (Lipinski definition) is 0. The van der Waals surface area contributed by atoms with Gasteiger partial charge < -0.3 is 14.2 Å². The normalized spacial score (nSPS) is 8.11. The predicted molar refractivity (Wildman–Crippen MR) is 24.6 cm³/mol. The van der Waals surface area contributed by atoms with Gasteiger partial charge in [-0.1, -0.05) is 6.58 Å². The first kappa shape index (κ1) is 16.6. The Morgan fingerprint density at radius 3 is 1.89 bits per heavy atom. The maximum Gasteiger partial charge on any atom is 1.00 e. The second kappa shape index (κ2) is 7.16. The molecule has 0 rings (SSSR count). The van der Waals surface area contributed by atoms with Crippen LogP contribution in [0.4, 0.5) is 0 Å². The van der Waals surface area contributed by atoms with E-state index in [-0.39, 0.29) is 56.9 Å². The molecule has 0 aliphatic rings. The molecule has 0 atom stereocenters. The molecule has 0 saturated heterocycles. The summed E-state index contributed by atoms with van der Waals surface area (Å²) in [5.41, 5.74) is 0. The van der Waals surface area contributed by atoms with Gasteiger partial charge >= 0.3 is 51.4 Å². The van der Waals surface area contributed by atoms with Crippen molar-refractivity contribution < 1.29 is 74.0 Å². The van der Waals surface area contributed by atoms with Gasteiger partial charge in [0.15, 0.2) is 0 Å². The Morgan fingerprint density at radius 1 is 1.56 bits per heavy atom. The van der Waals surface area contributed by atoms with Gasteiger partial charge in [0.05, 0.1) is 6.26 Å². The SMILES string of the molecule is C=COS(=O)(=O)[O-].O.[K+].